The van der Waals surface area contributed by atoms with Gasteiger partial charge < -0.3 is 4.74 Å². The molecule has 0 radical (unpaired) electrons. The van der Waals surface area contributed by atoms with E-state index in [0.29, 0.717) is 12.4 Å². The molecule has 0 bridgehead atoms. The normalized spacial score (nSPS) is 11.1. The molecular formula is C14H17N3O3S. The smallest absolute Gasteiger partial charge is 0.264 e. The Hall–Kier alpha value is -2.15. The third-order valence-corrected chi connectivity index (χ3v) is 4.00. The van der Waals surface area contributed by atoms with Crippen LogP contribution in [0.25, 0.3) is 0 Å². The van der Waals surface area contributed by atoms with E-state index in [1.165, 1.54) is 24.5 Å². The van der Waals surface area contributed by atoms with Gasteiger partial charge in [-0.1, -0.05) is 24.6 Å². The molecule has 1 aromatic carbocycles. The molecule has 7 heteroatoms. The van der Waals surface area contributed by atoms with E-state index in [-0.39, 0.29) is 10.8 Å². The molecule has 1 aromatic heterocycles. The molecule has 0 aliphatic carbocycles. The minimum absolute atomic E-state index is 0.0134. The van der Waals surface area contributed by atoms with Crippen LogP contribution in [0.2, 0.25) is 0 Å². The summed E-state index contributed by atoms with van der Waals surface area (Å²) >= 11 is 0. The molecule has 1 heterocycles. The summed E-state index contributed by atoms with van der Waals surface area (Å²) in [6, 6.07) is 6.54. The second kappa shape index (κ2) is 6.53. The maximum Gasteiger partial charge on any atom is 0.264 e. The number of aryl methyl sites for hydroxylation is 1. The van der Waals surface area contributed by atoms with Gasteiger partial charge in [0.05, 0.1) is 23.9 Å². The number of benzene rings is 1. The minimum atomic E-state index is -3.68. The first-order chi connectivity index (χ1) is 10.0. The lowest BCUT2D eigenvalue weighted by molar-refractivity contribution is 0.315. The molecule has 0 aliphatic heterocycles. The van der Waals surface area contributed by atoms with Gasteiger partial charge in [-0.2, -0.15) is 0 Å². The largest absolute Gasteiger partial charge is 0.490 e. The Balaban J connectivity index is 2.11. The Morgan fingerprint density at radius 3 is 2.33 bits per heavy atom. The third-order valence-electron chi connectivity index (χ3n) is 2.66. The van der Waals surface area contributed by atoms with Gasteiger partial charge in [0.1, 0.15) is 0 Å². The number of ether oxygens (including phenoxy) is 1. The molecule has 2 aromatic rings. The van der Waals surface area contributed by atoms with Crippen LogP contribution in [-0.4, -0.2) is 25.0 Å². The fraction of sp³-hybridized carbons (Fsp3) is 0.286. The van der Waals surface area contributed by atoms with Crippen LogP contribution in [0.1, 0.15) is 18.9 Å². The number of aromatic nitrogens is 2. The molecule has 0 saturated carbocycles. The van der Waals surface area contributed by atoms with Gasteiger partial charge in [-0.3, -0.25) is 0 Å². The molecule has 0 atom stereocenters. The van der Waals surface area contributed by atoms with Crippen molar-refractivity contribution in [3.8, 4) is 5.75 Å². The van der Waals surface area contributed by atoms with Gasteiger partial charge in [0.15, 0.2) is 5.75 Å². The number of hydrogen-bond acceptors (Lipinski definition) is 5. The third kappa shape index (κ3) is 4.16. The van der Waals surface area contributed by atoms with Crippen molar-refractivity contribution in [1.29, 1.82) is 0 Å². The second-order valence-electron chi connectivity index (χ2n) is 4.51. The van der Waals surface area contributed by atoms with Gasteiger partial charge in [0.2, 0.25) is 5.95 Å². The topological polar surface area (TPSA) is 81.2 Å². The molecule has 0 fully saturated rings. The van der Waals surface area contributed by atoms with E-state index in [2.05, 4.69) is 14.7 Å². The molecule has 2 rings (SSSR count). The van der Waals surface area contributed by atoms with Crippen LogP contribution >= 0.6 is 0 Å². The summed E-state index contributed by atoms with van der Waals surface area (Å²) in [6.45, 7) is 4.45. The molecule has 112 valence electrons. The highest BCUT2D eigenvalue weighted by atomic mass is 32.2. The lowest BCUT2D eigenvalue weighted by Crippen LogP contribution is -2.15. The van der Waals surface area contributed by atoms with Gasteiger partial charge in [-0.05, 0) is 25.5 Å². The van der Waals surface area contributed by atoms with E-state index in [9.17, 15) is 8.42 Å². The Kier molecular flexibility index (Phi) is 4.74. The summed E-state index contributed by atoms with van der Waals surface area (Å²) in [5.74, 6) is 0.523. The standard InChI is InChI=1S/C14H17N3O3S/c1-3-8-20-12-9-15-14(16-10-12)17-21(18,19)13-6-4-11(2)5-7-13/h4-7,9-10H,3,8H2,1-2H3,(H,15,16,17). The maximum absolute atomic E-state index is 12.1. The van der Waals surface area contributed by atoms with E-state index in [1.54, 1.807) is 12.1 Å². The summed E-state index contributed by atoms with van der Waals surface area (Å²) < 4.78 is 32.0. The highest BCUT2D eigenvalue weighted by molar-refractivity contribution is 7.92. The molecule has 0 amide bonds. The van der Waals surface area contributed by atoms with Crippen LogP contribution < -0.4 is 9.46 Å². The van der Waals surface area contributed by atoms with Gasteiger partial charge in [0, 0.05) is 0 Å². The lowest BCUT2D eigenvalue weighted by atomic mass is 10.2. The Labute approximate surface area is 124 Å². The Morgan fingerprint density at radius 2 is 1.76 bits per heavy atom. The summed E-state index contributed by atoms with van der Waals surface area (Å²) in [7, 11) is -3.68. The zero-order chi connectivity index (χ0) is 15.3. The first-order valence-corrected chi connectivity index (χ1v) is 8.04. The van der Waals surface area contributed by atoms with Crippen LogP contribution in [-0.2, 0) is 10.0 Å². The maximum atomic E-state index is 12.1. The number of nitrogens with one attached hydrogen (secondary N) is 1. The van der Waals surface area contributed by atoms with Crippen molar-refractivity contribution < 1.29 is 13.2 Å². The number of anilines is 1. The molecular weight excluding hydrogens is 290 g/mol. The fourth-order valence-electron chi connectivity index (χ4n) is 1.56. The van der Waals surface area contributed by atoms with Crippen molar-refractivity contribution in [3.05, 3.63) is 42.2 Å². The summed E-state index contributed by atoms with van der Waals surface area (Å²) in [4.78, 5) is 8.04. The number of rotatable bonds is 6. The van der Waals surface area contributed by atoms with Crippen LogP contribution in [0.3, 0.4) is 0 Å². The first-order valence-electron chi connectivity index (χ1n) is 6.55. The van der Waals surface area contributed by atoms with E-state index in [0.717, 1.165) is 12.0 Å². The van der Waals surface area contributed by atoms with E-state index < -0.39 is 10.0 Å². The number of hydrogen-bond donors (Lipinski definition) is 1. The van der Waals surface area contributed by atoms with E-state index in [1.807, 2.05) is 13.8 Å². The van der Waals surface area contributed by atoms with Crippen molar-refractivity contribution in [2.45, 2.75) is 25.2 Å². The van der Waals surface area contributed by atoms with Crippen molar-refractivity contribution in [1.82, 2.24) is 9.97 Å². The Bertz CT molecular complexity index is 682. The zero-order valence-electron chi connectivity index (χ0n) is 11.9. The predicted octanol–water partition coefficient (Wildman–Crippen LogP) is 2.37. The van der Waals surface area contributed by atoms with Gasteiger partial charge in [-0.15, -0.1) is 0 Å². The molecule has 0 aliphatic rings. The summed E-state index contributed by atoms with van der Waals surface area (Å²) in [6.07, 6.45) is 3.76. The van der Waals surface area contributed by atoms with Crippen LogP contribution in [0.4, 0.5) is 5.95 Å². The average molecular weight is 307 g/mol. The zero-order valence-corrected chi connectivity index (χ0v) is 12.7. The lowest BCUT2D eigenvalue weighted by Gasteiger charge is -2.08. The molecule has 0 unspecified atom stereocenters. The number of sulfonamides is 1. The van der Waals surface area contributed by atoms with Crippen molar-refractivity contribution in [2.75, 3.05) is 11.3 Å². The average Bonchev–Trinajstić information content (AvgIpc) is 2.47. The summed E-state index contributed by atoms with van der Waals surface area (Å²) in [5.41, 5.74) is 0.989. The van der Waals surface area contributed by atoms with E-state index in [4.69, 9.17) is 4.74 Å². The first kappa shape index (κ1) is 15.2. The molecule has 0 spiro atoms. The Morgan fingerprint density at radius 1 is 1.14 bits per heavy atom. The van der Waals surface area contributed by atoms with E-state index >= 15 is 0 Å². The van der Waals surface area contributed by atoms with Gasteiger partial charge in [-0.25, -0.2) is 23.1 Å². The van der Waals surface area contributed by atoms with Crippen molar-refractivity contribution in [3.63, 3.8) is 0 Å². The van der Waals surface area contributed by atoms with Gasteiger partial charge >= 0.3 is 0 Å². The number of nitrogens with zero attached hydrogens (tertiary/aromatic N) is 2. The second-order valence-corrected chi connectivity index (χ2v) is 6.19. The quantitative estimate of drug-likeness (QED) is 0.886. The van der Waals surface area contributed by atoms with Crippen molar-refractivity contribution in [2.24, 2.45) is 0 Å². The minimum Gasteiger partial charge on any atom is -0.490 e. The highest BCUT2D eigenvalue weighted by Gasteiger charge is 2.15. The highest BCUT2D eigenvalue weighted by Crippen LogP contribution is 2.15. The summed E-state index contributed by atoms with van der Waals surface area (Å²) in [5, 5.41) is 0. The molecule has 6 nitrogen and oxygen atoms in total. The van der Waals surface area contributed by atoms with Crippen LogP contribution in [0.5, 0.6) is 5.75 Å². The van der Waals surface area contributed by atoms with Gasteiger partial charge in [0.25, 0.3) is 10.0 Å². The predicted molar refractivity (Wildman–Crippen MR) is 79.8 cm³/mol. The monoisotopic (exact) mass is 307 g/mol. The molecule has 1 N–H and O–H groups in total. The van der Waals surface area contributed by atoms with Crippen LogP contribution in [0.15, 0.2) is 41.6 Å². The van der Waals surface area contributed by atoms with Crippen LogP contribution in [0, 0.1) is 6.92 Å². The fourth-order valence-corrected chi connectivity index (χ4v) is 2.52. The molecule has 21 heavy (non-hydrogen) atoms. The van der Waals surface area contributed by atoms with Crippen molar-refractivity contribution >= 4 is 16.0 Å². The SMILES string of the molecule is CCCOc1cnc(NS(=O)(=O)c2ccc(C)cc2)nc1. The molecule has 0 saturated heterocycles.